The molecule has 0 amide bonds. The van der Waals surface area contributed by atoms with Crippen LogP contribution in [0.1, 0.15) is 24.6 Å². The van der Waals surface area contributed by atoms with Crippen molar-refractivity contribution in [1.29, 1.82) is 0 Å². The number of nitrogens with zero attached hydrogens (tertiary/aromatic N) is 5. The van der Waals surface area contributed by atoms with Gasteiger partial charge in [-0.15, -0.1) is 11.3 Å². The lowest BCUT2D eigenvalue weighted by Gasteiger charge is -2.25. The Hall–Kier alpha value is -2.54. The van der Waals surface area contributed by atoms with Crippen molar-refractivity contribution < 1.29 is 0 Å². The highest BCUT2D eigenvalue weighted by atomic mass is 32.1. The van der Waals surface area contributed by atoms with Crippen LogP contribution in [0.3, 0.4) is 0 Å². The van der Waals surface area contributed by atoms with Crippen molar-refractivity contribution in [2.75, 3.05) is 16.8 Å². The van der Waals surface area contributed by atoms with Gasteiger partial charge < -0.3 is 10.2 Å². The third-order valence-electron chi connectivity index (χ3n) is 3.88. The van der Waals surface area contributed by atoms with Crippen LogP contribution in [0.4, 0.5) is 16.8 Å². The molecule has 1 aliphatic rings. The Morgan fingerprint density at radius 2 is 2.17 bits per heavy atom. The number of hydrogen-bond acceptors (Lipinski definition) is 7. The number of thiazole rings is 1. The van der Waals surface area contributed by atoms with Crippen LogP contribution in [0.15, 0.2) is 48.4 Å². The maximum absolute atomic E-state index is 4.77. The lowest BCUT2D eigenvalue weighted by molar-refractivity contribution is 0.687. The third kappa shape index (κ3) is 3.00. The van der Waals surface area contributed by atoms with Crippen molar-refractivity contribution in [2.24, 2.45) is 0 Å². The summed E-state index contributed by atoms with van der Waals surface area (Å²) in [4.78, 5) is 19.9. The second-order valence-electron chi connectivity index (χ2n) is 5.32. The zero-order valence-corrected chi connectivity index (χ0v) is 13.3. The van der Waals surface area contributed by atoms with Gasteiger partial charge in [0.25, 0.3) is 0 Å². The van der Waals surface area contributed by atoms with E-state index in [1.165, 1.54) is 0 Å². The highest BCUT2D eigenvalue weighted by Crippen LogP contribution is 2.34. The molecule has 0 radical (unpaired) electrons. The lowest BCUT2D eigenvalue weighted by Crippen LogP contribution is -2.24. The number of nitrogens with one attached hydrogen (secondary N) is 1. The van der Waals surface area contributed by atoms with E-state index in [9.17, 15) is 0 Å². The maximum Gasteiger partial charge on any atom is 0.188 e. The van der Waals surface area contributed by atoms with E-state index < -0.39 is 0 Å². The molecule has 6 nitrogen and oxygen atoms in total. The van der Waals surface area contributed by atoms with Crippen LogP contribution in [0.25, 0.3) is 0 Å². The first-order valence-corrected chi connectivity index (χ1v) is 8.44. The Kier molecular flexibility index (Phi) is 3.85. The van der Waals surface area contributed by atoms with Gasteiger partial charge in [0.1, 0.15) is 11.6 Å². The van der Waals surface area contributed by atoms with Gasteiger partial charge in [-0.25, -0.2) is 15.0 Å². The average Bonchev–Trinajstić information content (AvgIpc) is 3.27. The van der Waals surface area contributed by atoms with Gasteiger partial charge in [-0.3, -0.25) is 4.98 Å². The van der Waals surface area contributed by atoms with Crippen LogP contribution in [0.5, 0.6) is 0 Å². The van der Waals surface area contributed by atoms with Crippen LogP contribution in [-0.4, -0.2) is 26.5 Å². The monoisotopic (exact) mass is 324 g/mol. The van der Waals surface area contributed by atoms with E-state index in [4.69, 9.17) is 4.98 Å². The summed E-state index contributed by atoms with van der Waals surface area (Å²) in [6, 6.07) is 6.31. The molecular formula is C16H16N6S. The van der Waals surface area contributed by atoms with Gasteiger partial charge in [-0.2, -0.15) is 0 Å². The third-order valence-corrected chi connectivity index (χ3v) is 4.56. The molecule has 3 aromatic rings. The fourth-order valence-corrected chi connectivity index (χ4v) is 3.43. The normalized spacial score (nSPS) is 17.4. The van der Waals surface area contributed by atoms with Crippen molar-refractivity contribution in [2.45, 2.75) is 18.9 Å². The van der Waals surface area contributed by atoms with Crippen LogP contribution >= 0.6 is 11.3 Å². The molecular weight excluding hydrogens is 308 g/mol. The Balaban J connectivity index is 1.59. The van der Waals surface area contributed by atoms with E-state index in [0.29, 0.717) is 0 Å². The minimum absolute atomic E-state index is 0.241. The molecule has 1 aliphatic heterocycles. The zero-order valence-electron chi connectivity index (χ0n) is 12.5. The smallest absolute Gasteiger partial charge is 0.188 e. The molecule has 3 aromatic heterocycles. The van der Waals surface area contributed by atoms with Crippen LogP contribution < -0.4 is 10.2 Å². The van der Waals surface area contributed by atoms with Crippen molar-refractivity contribution in [3.63, 3.8) is 0 Å². The molecule has 1 N–H and O–H groups in total. The SMILES string of the molecule is c1cc(Nc2nccs2)nc(C2CCCN2c2cnccn2)c1. The number of anilines is 3. The Bertz CT molecular complexity index is 761. The Morgan fingerprint density at radius 1 is 1.17 bits per heavy atom. The first kappa shape index (κ1) is 14.1. The molecule has 1 saturated heterocycles. The molecule has 116 valence electrons. The van der Waals surface area contributed by atoms with Crippen LogP contribution in [0, 0.1) is 0 Å². The highest BCUT2D eigenvalue weighted by molar-refractivity contribution is 7.13. The van der Waals surface area contributed by atoms with E-state index in [0.717, 1.165) is 41.8 Å². The van der Waals surface area contributed by atoms with Crippen molar-refractivity contribution in [1.82, 2.24) is 19.9 Å². The summed E-state index contributed by atoms with van der Waals surface area (Å²) < 4.78 is 0. The quantitative estimate of drug-likeness (QED) is 0.793. The van der Waals surface area contributed by atoms with E-state index in [-0.39, 0.29) is 6.04 Å². The molecule has 7 heteroatoms. The van der Waals surface area contributed by atoms with Gasteiger partial charge in [-0.05, 0) is 25.0 Å². The molecule has 1 fully saturated rings. The fourth-order valence-electron chi connectivity index (χ4n) is 2.89. The van der Waals surface area contributed by atoms with Crippen molar-refractivity contribution in [3.05, 3.63) is 54.1 Å². The summed E-state index contributed by atoms with van der Waals surface area (Å²) in [5.74, 6) is 1.73. The molecule has 0 aliphatic carbocycles. The predicted octanol–water partition coefficient (Wildman–Crippen LogP) is 3.41. The molecule has 1 atom stereocenters. The number of pyridine rings is 1. The zero-order chi connectivity index (χ0) is 15.5. The first-order valence-electron chi connectivity index (χ1n) is 7.56. The van der Waals surface area contributed by atoms with Gasteiger partial charge in [0.2, 0.25) is 0 Å². The summed E-state index contributed by atoms with van der Waals surface area (Å²) in [6.45, 7) is 0.981. The van der Waals surface area contributed by atoms with Gasteiger partial charge in [0.15, 0.2) is 5.13 Å². The topological polar surface area (TPSA) is 66.8 Å². The number of rotatable bonds is 4. The first-order chi connectivity index (χ1) is 11.4. The van der Waals surface area contributed by atoms with Gasteiger partial charge in [0.05, 0.1) is 17.9 Å². The molecule has 0 saturated carbocycles. The number of aromatic nitrogens is 4. The molecule has 0 aromatic carbocycles. The predicted molar refractivity (Wildman–Crippen MR) is 91.0 cm³/mol. The van der Waals surface area contributed by atoms with Crippen LogP contribution in [-0.2, 0) is 0 Å². The Labute approximate surface area is 138 Å². The number of hydrogen-bond donors (Lipinski definition) is 1. The summed E-state index contributed by atoms with van der Waals surface area (Å²) in [6.07, 6.45) is 9.24. The standard InChI is InChI=1S/C16H16N6S/c1-3-12(20-14(5-1)21-16-19-8-10-23-16)13-4-2-9-22(13)15-11-17-6-7-18-15/h1,3,5-8,10-11,13H,2,4,9H2,(H,19,20,21). The molecule has 0 spiro atoms. The largest absolute Gasteiger partial charge is 0.347 e. The van der Waals surface area contributed by atoms with Crippen molar-refractivity contribution >= 4 is 28.1 Å². The lowest BCUT2D eigenvalue weighted by atomic mass is 10.1. The minimum atomic E-state index is 0.241. The van der Waals surface area contributed by atoms with E-state index >= 15 is 0 Å². The Morgan fingerprint density at radius 3 is 3.00 bits per heavy atom. The summed E-state index contributed by atoms with van der Waals surface area (Å²) >= 11 is 1.56. The second-order valence-corrected chi connectivity index (χ2v) is 6.22. The highest BCUT2D eigenvalue weighted by Gasteiger charge is 2.28. The van der Waals surface area contributed by atoms with Gasteiger partial charge in [-0.1, -0.05) is 6.07 Å². The molecule has 4 heterocycles. The molecule has 1 unspecified atom stereocenters. The molecule has 0 bridgehead atoms. The van der Waals surface area contributed by atoms with Crippen LogP contribution in [0.2, 0.25) is 0 Å². The minimum Gasteiger partial charge on any atom is -0.347 e. The van der Waals surface area contributed by atoms with Gasteiger partial charge in [0, 0.05) is 30.5 Å². The van der Waals surface area contributed by atoms with Gasteiger partial charge >= 0.3 is 0 Å². The summed E-state index contributed by atoms with van der Waals surface area (Å²) in [7, 11) is 0. The van der Waals surface area contributed by atoms with E-state index in [1.54, 1.807) is 29.9 Å². The van der Waals surface area contributed by atoms with E-state index in [1.807, 2.05) is 23.7 Å². The fraction of sp³-hybridized carbons (Fsp3) is 0.250. The van der Waals surface area contributed by atoms with Crippen molar-refractivity contribution in [3.8, 4) is 0 Å². The summed E-state index contributed by atoms with van der Waals surface area (Å²) in [5.41, 5.74) is 1.05. The molecule has 4 rings (SSSR count). The summed E-state index contributed by atoms with van der Waals surface area (Å²) in [5, 5.41) is 6.05. The average molecular weight is 324 g/mol. The maximum atomic E-state index is 4.77. The second kappa shape index (κ2) is 6.29. The van der Waals surface area contributed by atoms with E-state index in [2.05, 4.69) is 31.2 Å². The molecule has 23 heavy (non-hydrogen) atoms.